The molecule has 1 heterocycles. The number of likely N-dealkylation sites (tertiary alicyclic amines) is 1. The predicted octanol–water partition coefficient (Wildman–Crippen LogP) is 4.65. The topological polar surface area (TPSA) is 90.3 Å². The fraction of sp³-hybridized carbons (Fsp3) is 0.267. The quantitative estimate of drug-likeness (QED) is 0.253. The maximum Gasteiger partial charge on any atom is 0.295 e. The number of carbonyl (C=O) groups excluding carboxylic acids is 2. The van der Waals surface area contributed by atoms with Gasteiger partial charge < -0.3 is 24.7 Å². The van der Waals surface area contributed by atoms with E-state index in [0.29, 0.717) is 42.0 Å². The summed E-state index contributed by atoms with van der Waals surface area (Å²) in [6, 6.07) is 20.7. The highest BCUT2D eigenvalue weighted by Gasteiger charge is 2.45. The number of rotatable bonds is 9. The molecule has 192 valence electrons. The number of benzene rings is 3. The van der Waals surface area contributed by atoms with E-state index in [1.54, 1.807) is 30.3 Å². The average Bonchev–Trinajstić information content (AvgIpc) is 3.13. The molecule has 0 aromatic heterocycles. The Hall–Kier alpha value is -4.10. The van der Waals surface area contributed by atoms with Gasteiger partial charge in [-0.3, -0.25) is 9.59 Å². The van der Waals surface area contributed by atoms with Crippen molar-refractivity contribution in [2.45, 2.75) is 26.0 Å². The summed E-state index contributed by atoms with van der Waals surface area (Å²) in [6.07, 6.45) is 0.668. The number of aliphatic hydroxyl groups is 1. The highest BCUT2D eigenvalue weighted by Crippen LogP contribution is 2.40. The van der Waals surface area contributed by atoms with Crippen LogP contribution in [0.25, 0.3) is 5.76 Å². The molecule has 1 saturated heterocycles. The Morgan fingerprint density at radius 2 is 1.70 bits per heavy atom. The van der Waals surface area contributed by atoms with Gasteiger partial charge in [-0.05, 0) is 81.0 Å². The van der Waals surface area contributed by atoms with Gasteiger partial charge in [0.2, 0.25) is 0 Å². The van der Waals surface area contributed by atoms with Crippen LogP contribution >= 0.6 is 0 Å². The van der Waals surface area contributed by atoms with Crippen molar-refractivity contribution in [1.82, 2.24) is 9.80 Å². The number of aryl methyl sites for hydroxylation is 1. The standard InChI is InChI=1S/C30H32N2O5/c1-20-18-24(37-19-21-8-5-4-6-9-21)14-15-25(20)28(34)26-27(22-10-12-23(33)13-11-22)32(30(36)29(26)35)17-7-16-31(2)3/h4-6,8-15,18,27,33-34H,7,16-17,19H2,1-3H3/t27-/m1/s1. The van der Waals surface area contributed by atoms with Crippen LogP contribution in [-0.4, -0.2) is 58.9 Å². The molecule has 4 rings (SSSR count). The summed E-state index contributed by atoms with van der Waals surface area (Å²) < 4.78 is 5.90. The van der Waals surface area contributed by atoms with Crippen molar-refractivity contribution in [3.63, 3.8) is 0 Å². The number of phenols is 1. The number of hydrogen-bond donors (Lipinski definition) is 2. The molecular weight excluding hydrogens is 468 g/mol. The summed E-state index contributed by atoms with van der Waals surface area (Å²) in [7, 11) is 3.89. The lowest BCUT2D eigenvalue weighted by molar-refractivity contribution is -0.139. The monoisotopic (exact) mass is 500 g/mol. The molecule has 3 aromatic rings. The normalized spacial score (nSPS) is 17.0. The van der Waals surface area contributed by atoms with Crippen LogP contribution in [0.5, 0.6) is 11.5 Å². The van der Waals surface area contributed by atoms with Gasteiger partial charge in [0.05, 0.1) is 11.6 Å². The van der Waals surface area contributed by atoms with Gasteiger partial charge in [0.15, 0.2) is 0 Å². The van der Waals surface area contributed by atoms with Gasteiger partial charge in [-0.15, -0.1) is 0 Å². The summed E-state index contributed by atoms with van der Waals surface area (Å²) in [6.45, 7) is 3.34. The summed E-state index contributed by atoms with van der Waals surface area (Å²) in [5, 5.41) is 21.2. The molecule has 0 bridgehead atoms. The van der Waals surface area contributed by atoms with Crippen molar-refractivity contribution in [1.29, 1.82) is 0 Å². The third kappa shape index (κ3) is 5.84. The van der Waals surface area contributed by atoms with Crippen molar-refractivity contribution in [3.8, 4) is 11.5 Å². The number of ether oxygens (including phenoxy) is 1. The Bertz CT molecular complexity index is 1300. The minimum Gasteiger partial charge on any atom is -0.508 e. The molecule has 1 aliphatic heterocycles. The van der Waals surface area contributed by atoms with Crippen LogP contribution in [0, 0.1) is 6.92 Å². The second kappa shape index (κ2) is 11.3. The van der Waals surface area contributed by atoms with E-state index in [1.165, 1.54) is 17.0 Å². The SMILES string of the molecule is Cc1cc(OCc2ccccc2)ccc1C(O)=C1C(=O)C(=O)N(CCCN(C)C)[C@@H]1c1ccc(O)cc1. The lowest BCUT2D eigenvalue weighted by atomic mass is 9.93. The molecule has 0 saturated carbocycles. The number of carbonyl (C=O) groups is 2. The van der Waals surface area contributed by atoms with E-state index >= 15 is 0 Å². The van der Waals surface area contributed by atoms with E-state index in [4.69, 9.17) is 4.74 Å². The number of hydrogen-bond acceptors (Lipinski definition) is 6. The predicted molar refractivity (Wildman–Crippen MR) is 142 cm³/mol. The number of Topliss-reactive ketones (excluding diaryl/α,β-unsaturated/α-hetero) is 1. The fourth-order valence-corrected chi connectivity index (χ4v) is 4.55. The maximum absolute atomic E-state index is 13.2. The third-order valence-corrected chi connectivity index (χ3v) is 6.45. The van der Waals surface area contributed by atoms with E-state index in [0.717, 1.165) is 12.1 Å². The average molecular weight is 501 g/mol. The van der Waals surface area contributed by atoms with Gasteiger partial charge in [0.1, 0.15) is 23.9 Å². The molecule has 0 aliphatic carbocycles. The number of aliphatic hydroxyl groups excluding tert-OH is 1. The fourth-order valence-electron chi connectivity index (χ4n) is 4.55. The van der Waals surface area contributed by atoms with Crippen LogP contribution in [0.1, 0.15) is 34.7 Å². The van der Waals surface area contributed by atoms with E-state index in [9.17, 15) is 19.8 Å². The van der Waals surface area contributed by atoms with Crippen molar-refractivity contribution >= 4 is 17.4 Å². The van der Waals surface area contributed by atoms with Gasteiger partial charge in [-0.2, -0.15) is 0 Å². The lowest BCUT2D eigenvalue weighted by Crippen LogP contribution is -2.32. The van der Waals surface area contributed by atoms with E-state index in [-0.39, 0.29) is 17.1 Å². The first-order chi connectivity index (χ1) is 17.8. The highest BCUT2D eigenvalue weighted by molar-refractivity contribution is 6.46. The number of phenolic OH excluding ortho intramolecular Hbond substituents is 1. The summed E-state index contributed by atoms with van der Waals surface area (Å²) in [5.74, 6) is -0.867. The van der Waals surface area contributed by atoms with E-state index < -0.39 is 17.7 Å². The van der Waals surface area contributed by atoms with Gasteiger partial charge in [0, 0.05) is 12.1 Å². The van der Waals surface area contributed by atoms with Gasteiger partial charge in [-0.1, -0.05) is 42.5 Å². The summed E-state index contributed by atoms with van der Waals surface area (Å²) >= 11 is 0. The molecule has 1 amide bonds. The van der Waals surface area contributed by atoms with Gasteiger partial charge >= 0.3 is 0 Å². The van der Waals surface area contributed by atoms with Gasteiger partial charge in [0.25, 0.3) is 11.7 Å². The second-order valence-electron chi connectivity index (χ2n) is 9.49. The van der Waals surface area contributed by atoms with Crippen LogP contribution in [-0.2, 0) is 16.2 Å². The van der Waals surface area contributed by atoms with Crippen molar-refractivity contribution < 1.29 is 24.5 Å². The molecule has 1 atom stereocenters. The van der Waals surface area contributed by atoms with Crippen molar-refractivity contribution in [2.75, 3.05) is 27.2 Å². The number of aromatic hydroxyl groups is 1. The molecule has 3 aromatic carbocycles. The minimum absolute atomic E-state index is 0.0431. The molecule has 0 unspecified atom stereocenters. The molecule has 7 heteroatoms. The first-order valence-electron chi connectivity index (χ1n) is 12.3. The molecule has 0 spiro atoms. The zero-order valence-electron chi connectivity index (χ0n) is 21.3. The Morgan fingerprint density at radius 3 is 2.35 bits per heavy atom. The number of amides is 1. The van der Waals surface area contributed by atoms with E-state index in [2.05, 4.69) is 0 Å². The summed E-state index contributed by atoms with van der Waals surface area (Å²) in [5.41, 5.74) is 2.90. The summed E-state index contributed by atoms with van der Waals surface area (Å²) in [4.78, 5) is 29.8. The van der Waals surface area contributed by atoms with Crippen LogP contribution in [0.15, 0.2) is 78.4 Å². The van der Waals surface area contributed by atoms with Crippen LogP contribution in [0.4, 0.5) is 0 Å². The molecule has 1 aliphatic rings. The third-order valence-electron chi connectivity index (χ3n) is 6.45. The molecule has 0 radical (unpaired) electrons. The van der Waals surface area contributed by atoms with Crippen molar-refractivity contribution in [2.24, 2.45) is 0 Å². The first kappa shape index (κ1) is 26.0. The Kier molecular flexibility index (Phi) is 7.94. The number of nitrogens with zero attached hydrogens (tertiary/aromatic N) is 2. The van der Waals surface area contributed by atoms with Crippen molar-refractivity contribution in [3.05, 3.63) is 101 Å². The molecular formula is C30H32N2O5. The Morgan fingerprint density at radius 1 is 1.00 bits per heavy atom. The van der Waals surface area contributed by atoms with Crippen LogP contribution in [0.2, 0.25) is 0 Å². The zero-order valence-corrected chi connectivity index (χ0v) is 21.3. The zero-order chi connectivity index (χ0) is 26.5. The first-order valence-corrected chi connectivity index (χ1v) is 12.3. The van der Waals surface area contributed by atoms with Crippen LogP contribution < -0.4 is 4.74 Å². The Labute approximate surface area is 217 Å². The molecule has 1 fully saturated rings. The second-order valence-corrected chi connectivity index (χ2v) is 9.49. The highest BCUT2D eigenvalue weighted by atomic mass is 16.5. The largest absolute Gasteiger partial charge is 0.508 e. The molecule has 37 heavy (non-hydrogen) atoms. The van der Waals surface area contributed by atoms with Crippen LogP contribution in [0.3, 0.4) is 0 Å². The maximum atomic E-state index is 13.2. The van der Waals surface area contributed by atoms with E-state index in [1.807, 2.05) is 56.3 Å². The number of ketones is 1. The minimum atomic E-state index is -0.754. The smallest absolute Gasteiger partial charge is 0.295 e. The molecule has 7 nitrogen and oxygen atoms in total. The van der Waals surface area contributed by atoms with Gasteiger partial charge in [-0.25, -0.2) is 0 Å². The Balaban J connectivity index is 1.68. The molecule has 2 N–H and O–H groups in total. The lowest BCUT2D eigenvalue weighted by Gasteiger charge is -2.26.